The summed E-state index contributed by atoms with van der Waals surface area (Å²) in [5.74, 6) is 0.201. The minimum Gasteiger partial charge on any atom is -0.436 e. The van der Waals surface area contributed by atoms with Gasteiger partial charge in [0.2, 0.25) is 5.89 Å². The zero-order valence-electron chi connectivity index (χ0n) is 14.2. The second-order valence-corrected chi connectivity index (χ2v) is 7.32. The number of nitro groups is 1. The maximum atomic E-state index is 12.6. The van der Waals surface area contributed by atoms with Crippen LogP contribution in [0.4, 0.5) is 5.69 Å². The summed E-state index contributed by atoms with van der Waals surface area (Å²) in [4.78, 5) is 14.3. The Hall–Kier alpha value is -3.72. The van der Waals surface area contributed by atoms with Gasteiger partial charge in [0.1, 0.15) is 10.4 Å². The molecule has 9 heteroatoms. The molecule has 0 aliphatic carbocycles. The number of nitro benzene ring substituents is 1. The van der Waals surface area contributed by atoms with Gasteiger partial charge in [0.15, 0.2) is 11.3 Å². The first-order valence-electron chi connectivity index (χ1n) is 8.08. The van der Waals surface area contributed by atoms with Gasteiger partial charge in [0.25, 0.3) is 5.69 Å². The highest BCUT2D eigenvalue weighted by Crippen LogP contribution is 2.33. The van der Waals surface area contributed by atoms with Crippen LogP contribution in [0, 0.1) is 10.1 Å². The molecule has 140 valence electrons. The topological polar surface area (TPSA) is 113 Å². The molecule has 0 spiro atoms. The third-order valence-corrected chi connectivity index (χ3v) is 5.16. The van der Waals surface area contributed by atoms with Crippen LogP contribution in [-0.2, 0) is 10.1 Å². The Morgan fingerprint density at radius 3 is 2.50 bits per heavy atom. The zero-order chi connectivity index (χ0) is 19.7. The van der Waals surface area contributed by atoms with E-state index in [0.29, 0.717) is 16.7 Å². The second-order valence-electron chi connectivity index (χ2n) is 5.77. The van der Waals surface area contributed by atoms with E-state index in [0.717, 1.165) is 6.07 Å². The van der Waals surface area contributed by atoms with Gasteiger partial charge in [-0.15, -0.1) is 0 Å². The van der Waals surface area contributed by atoms with Crippen LogP contribution in [-0.4, -0.2) is 18.3 Å². The fraction of sp³-hybridized carbons (Fsp3) is 0. The lowest BCUT2D eigenvalue weighted by Crippen LogP contribution is -2.10. The molecule has 0 radical (unpaired) electrons. The Balaban J connectivity index is 1.74. The van der Waals surface area contributed by atoms with Crippen molar-refractivity contribution in [3.8, 4) is 17.2 Å². The van der Waals surface area contributed by atoms with E-state index in [1.807, 2.05) is 6.07 Å². The standard InChI is InChI=1S/C19H12N2O6S/c22-21(23)13-6-5-7-14(12-13)28(24,25)27-17-10-3-1-8-15(17)19-20-16-9-2-4-11-18(16)26-19/h1-12H. The molecule has 0 saturated heterocycles. The molecule has 0 atom stereocenters. The fourth-order valence-corrected chi connectivity index (χ4v) is 3.61. The first-order chi connectivity index (χ1) is 13.4. The summed E-state index contributed by atoms with van der Waals surface area (Å²) in [7, 11) is -4.30. The van der Waals surface area contributed by atoms with E-state index in [1.54, 1.807) is 36.4 Å². The van der Waals surface area contributed by atoms with Gasteiger partial charge in [-0.25, -0.2) is 4.98 Å². The summed E-state index contributed by atoms with van der Waals surface area (Å²) in [6, 6.07) is 18.1. The number of aromatic nitrogens is 1. The normalized spacial score (nSPS) is 11.4. The van der Waals surface area contributed by atoms with Crippen molar-refractivity contribution < 1.29 is 21.9 Å². The average Bonchev–Trinajstić information content (AvgIpc) is 3.12. The van der Waals surface area contributed by atoms with Gasteiger partial charge in [-0.3, -0.25) is 10.1 Å². The van der Waals surface area contributed by atoms with E-state index in [1.165, 1.54) is 24.3 Å². The maximum absolute atomic E-state index is 12.6. The Morgan fingerprint density at radius 1 is 0.964 bits per heavy atom. The monoisotopic (exact) mass is 396 g/mol. The summed E-state index contributed by atoms with van der Waals surface area (Å²) < 4.78 is 36.2. The molecule has 28 heavy (non-hydrogen) atoms. The molecule has 1 heterocycles. The van der Waals surface area contributed by atoms with Crippen LogP contribution in [0.15, 0.2) is 82.1 Å². The number of oxazole rings is 1. The molecule has 1 aromatic heterocycles. The van der Waals surface area contributed by atoms with Crippen molar-refractivity contribution >= 4 is 26.9 Å². The lowest BCUT2D eigenvalue weighted by Gasteiger charge is -2.09. The SMILES string of the molecule is O=[N+]([O-])c1cccc(S(=O)(=O)Oc2ccccc2-c2nc3ccccc3o2)c1. The molecule has 4 rings (SSSR count). The van der Waals surface area contributed by atoms with E-state index in [4.69, 9.17) is 8.60 Å². The molecule has 0 fully saturated rings. The Bertz CT molecular complexity index is 1260. The summed E-state index contributed by atoms with van der Waals surface area (Å²) in [6.07, 6.45) is 0. The van der Waals surface area contributed by atoms with Crippen molar-refractivity contribution in [3.05, 3.63) is 82.9 Å². The second kappa shape index (κ2) is 6.78. The Morgan fingerprint density at radius 2 is 1.71 bits per heavy atom. The molecular weight excluding hydrogens is 384 g/mol. The van der Waals surface area contributed by atoms with Crippen LogP contribution >= 0.6 is 0 Å². The molecule has 0 bridgehead atoms. The highest BCUT2D eigenvalue weighted by Gasteiger charge is 2.23. The van der Waals surface area contributed by atoms with Gasteiger partial charge in [-0.1, -0.05) is 30.3 Å². The maximum Gasteiger partial charge on any atom is 0.339 e. The number of hydrogen-bond donors (Lipinski definition) is 0. The summed E-state index contributed by atoms with van der Waals surface area (Å²) in [6.45, 7) is 0. The smallest absolute Gasteiger partial charge is 0.339 e. The van der Waals surface area contributed by atoms with Gasteiger partial charge >= 0.3 is 10.1 Å². The van der Waals surface area contributed by atoms with Crippen molar-refractivity contribution in [2.75, 3.05) is 0 Å². The molecule has 8 nitrogen and oxygen atoms in total. The fourth-order valence-electron chi connectivity index (χ4n) is 2.62. The number of fused-ring (bicyclic) bond motifs is 1. The van der Waals surface area contributed by atoms with Crippen molar-refractivity contribution in [3.63, 3.8) is 0 Å². The number of non-ortho nitro benzene ring substituents is 1. The van der Waals surface area contributed by atoms with Gasteiger partial charge in [0, 0.05) is 12.1 Å². The number of hydrogen-bond acceptors (Lipinski definition) is 7. The summed E-state index contributed by atoms with van der Waals surface area (Å²) in [5.41, 5.74) is 1.16. The highest BCUT2D eigenvalue weighted by molar-refractivity contribution is 7.87. The van der Waals surface area contributed by atoms with E-state index >= 15 is 0 Å². The minimum atomic E-state index is -4.30. The third-order valence-electron chi connectivity index (χ3n) is 3.93. The predicted molar refractivity (Wildman–Crippen MR) is 100 cm³/mol. The lowest BCUT2D eigenvalue weighted by molar-refractivity contribution is -0.385. The van der Waals surface area contributed by atoms with Crippen LogP contribution in [0.25, 0.3) is 22.6 Å². The minimum absolute atomic E-state index is 0.000521. The zero-order valence-corrected chi connectivity index (χ0v) is 15.0. The molecule has 0 amide bonds. The van der Waals surface area contributed by atoms with Crippen LogP contribution in [0.1, 0.15) is 0 Å². The third kappa shape index (κ3) is 3.30. The van der Waals surface area contributed by atoms with Gasteiger partial charge in [0.05, 0.1) is 10.5 Å². The van der Waals surface area contributed by atoms with E-state index in [9.17, 15) is 18.5 Å². The molecule has 0 aliphatic heterocycles. The Kier molecular flexibility index (Phi) is 4.28. The predicted octanol–water partition coefficient (Wildman–Crippen LogP) is 4.17. The Labute approximate surface area is 159 Å². The molecule has 4 aromatic rings. The molecule has 0 unspecified atom stereocenters. The van der Waals surface area contributed by atoms with Crippen LogP contribution in [0.5, 0.6) is 5.75 Å². The molecule has 0 saturated carbocycles. The van der Waals surface area contributed by atoms with Crippen molar-refractivity contribution in [2.45, 2.75) is 4.90 Å². The molecule has 0 aliphatic rings. The van der Waals surface area contributed by atoms with E-state index in [2.05, 4.69) is 4.98 Å². The van der Waals surface area contributed by atoms with Crippen molar-refractivity contribution in [1.82, 2.24) is 4.98 Å². The first kappa shape index (κ1) is 17.7. The van der Waals surface area contributed by atoms with E-state index in [-0.39, 0.29) is 22.2 Å². The first-order valence-corrected chi connectivity index (χ1v) is 9.49. The van der Waals surface area contributed by atoms with Crippen LogP contribution in [0.3, 0.4) is 0 Å². The van der Waals surface area contributed by atoms with Crippen molar-refractivity contribution in [2.24, 2.45) is 0 Å². The van der Waals surface area contributed by atoms with Crippen LogP contribution in [0.2, 0.25) is 0 Å². The lowest BCUT2D eigenvalue weighted by atomic mass is 10.2. The number of benzene rings is 3. The summed E-state index contributed by atoms with van der Waals surface area (Å²) >= 11 is 0. The average molecular weight is 396 g/mol. The van der Waals surface area contributed by atoms with E-state index < -0.39 is 15.0 Å². The molecule has 0 N–H and O–H groups in total. The molecular formula is C19H12N2O6S. The number of rotatable bonds is 5. The van der Waals surface area contributed by atoms with Gasteiger partial charge < -0.3 is 8.60 Å². The number of para-hydroxylation sites is 3. The van der Waals surface area contributed by atoms with Crippen molar-refractivity contribution in [1.29, 1.82) is 0 Å². The number of nitrogens with zero attached hydrogens (tertiary/aromatic N) is 2. The largest absolute Gasteiger partial charge is 0.436 e. The highest BCUT2D eigenvalue weighted by atomic mass is 32.2. The quantitative estimate of drug-likeness (QED) is 0.283. The van der Waals surface area contributed by atoms with Gasteiger partial charge in [-0.05, 0) is 30.3 Å². The molecule has 3 aromatic carbocycles. The van der Waals surface area contributed by atoms with Crippen LogP contribution < -0.4 is 4.18 Å². The summed E-state index contributed by atoms with van der Waals surface area (Å²) in [5, 5.41) is 10.9. The van der Waals surface area contributed by atoms with Gasteiger partial charge in [-0.2, -0.15) is 8.42 Å².